The summed E-state index contributed by atoms with van der Waals surface area (Å²) in [5.74, 6) is -0.720. The largest absolute Gasteiger partial charge is 0.411 e. The van der Waals surface area contributed by atoms with Crippen LogP contribution in [0.2, 0.25) is 0 Å². The first-order chi connectivity index (χ1) is 7.91. The smallest absolute Gasteiger partial charge is 0.158 e. The Balaban J connectivity index is 3.31. The molecular weight excluding hydrogens is 249 g/mol. The average Bonchev–Trinajstić information content (AvgIpc) is 2.25. The molecule has 0 aromatic heterocycles. The van der Waals surface area contributed by atoms with Gasteiger partial charge in [0.2, 0.25) is 0 Å². The summed E-state index contributed by atoms with van der Waals surface area (Å²) in [6, 6.07) is 5.28. The van der Waals surface area contributed by atoms with Crippen LogP contribution in [0.5, 0.6) is 0 Å². The lowest BCUT2D eigenvalue weighted by Crippen LogP contribution is -2.34. The van der Waals surface area contributed by atoms with Crippen LogP contribution < -0.4 is 0 Å². The van der Waals surface area contributed by atoms with Gasteiger partial charge < -0.3 is 10.3 Å². The minimum absolute atomic E-state index is 0.153. The van der Waals surface area contributed by atoms with Gasteiger partial charge in [0.25, 0.3) is 0 Å². The van der Waals surface area contributed by atoms with Gasteiger partial charge in [-0.1, -0.05) is 23.4 Å². The lowest BCUT2D eigenvalue weighted by atomic mass is 10.1. The first-order valence-corrected chi connectivity index (χ1v) is 6.63. The molecule has 0 amide bonds. The van der Waals surface area contributed by atoms with Crippen molar-refractivity contribution < 1.29 is 23.1 Å². The van der Waals surface area contributed by atoms with Gasteiger partial charge in [-0.2, -0.15) is 0 Å². The fraction of sp³-hybridized carbons (Fsp3) is 0.300. The number of sulfone groups is 1. The van der Waals surface area contributed by atoms with Gasteiger partial charge in [-0.25, -0.2) is 12.8 Å². The zero-order valence-corrected chi connectivity index (χ0v) is 9.85. The molecular formula is C10H12FNO4S. The zero-order chi connectivity index (χ0) is 13.1. The average molecular weight is 261 g/mol. The van der Waals surface area contributed by atoms with Crippen molar-refractivity contribution in [2.75, 3.05) is 12.9 Å². The van der Waals surface area contributed by atoms with Gasteiger partial charge in [0.05, 0.1) is 6.61 Å². The predicted molar refractivity (Wildman–Crippen MR) is 60.4 cm³/mol. The van der Waals surface area contributed by atoms with E-state index in [2.05, 4.69) is 5.16 Å². The van der Waals surface area contributed by atoms with Crippen LogP contribution in [0, 0.1) is 5.82 Å². The van der Waals surface area contributed by atoms with Gasteiger partial charge in [-0.3, -0.25) is 0 Å². The van der Waals surface area contributed by atoms with Crippen LogP contribution >= 0.6 is 0 Å². The molecule has 0 aliphatic carbocycles. The van der Waals surface area contributed by atoms with Crippen molar-refractivity contribution >= 4 is 15.5 Å². The van der Waals surface area contributed by atoms with Crippen molar-refractivity contribution in [2.24, 2.45) is 5.16 Å². The number of nitrogens with zero attached hydrogens (tertiary/aromatic N) is 1. The maximum atomic E-state index is 13.4. The second-order valence-electron chi connectivity index (χ2n) is 3.47. The molecule has 5 nitrogen and oxygen atoms in total. The van der Waals surface area contributed by atoms with Gasteiger partial charge in [0.15, 0.2) is 9.84 Å². The second-order valence-corrected chi connectivity index (χ2v) is 5.69. The summed E-state index contributed by atoms with van der Waals surface area (Å²) in [7, 11) is -3.70. The standard InChI is InChI=1S/C10H12FNO4S/c1-17(15,16)9(6-13)10(12-14)7-4-2-3-5-8(7)11/h2-5,9,13-14H,6H2,1H3/b12-10-/t9-/m1/s1. The number of oxime groups is 1. The SMILES string of the molecule is CS(=O)(=O)[C@H](CO)/C(=N\O)c1ccccc1F. The van der Waals surface area contributed by atoms with Crippen LogP contribution in [0.3, 0.4) is 0 Å². The van der Waals surface area contributed by atoms with E-state index in [1.54, 1.807) is 0 Å². The Morgan fingerprint density at radius 2 is 2.06 bits per heavy atom. The van der Waals surface area contributed by atoms with Crippen LogP contribution in [0.4, 0.5) is 4.39 Å². The highest BCUT2D eigenvalue weighted by molar-refractivity contribution is 7.92. The number of aliphatic hydroxyl groups excluding tert-OH is 1. The third-order valence-corrected chi connectivity index (χ3v) is 3.65. The van der Waals surface area contributed by atoms with E-state index in [9.17, 15) is 12.8 Å². The third kappa shape index (κ3) is 3.01. The Kier molecular flexibility index (Phi) is 4.19. The topological polar surface area (TPSA) is 87.0 Å². The normalized spacial score (nSPS) is 14.6. The Labute approximate surface area is 98.1 Å². The summed E-state index contributed by atoms with van der Waals surface area (Å²) >= 11 is 0. The molecule has 7 heteroatoms. The molecule has 1 atom stereocenters. The fourth-order valence-corrected chi connectivity index (χ4v) is 2.24. The third-order valence-electron chi connectivity index (χ3n) is 2.25. The Morgan fingerprint density at radius 3 is 2.47 bits per heavy atom. The maximum absolute atomic E-state index is 13.4. The van der Waals surface area contributed by atoms with E-state index >= 15 is 0 Å². The monoisotopic (exact) mass is 261 g/mol. The molecule has 0 saturated heterocycles. The highest BCUT2D eigenvalue weighted by Crippen LogP contribution is 2.14. The quantitative estimate of drug-likeness (QED) is 0.467. The summed E-state index contributed by atoms with van der Waals surface area (Å²) in [6.07, 6.45) is 0.875. The van der Waals surface area contributed by atoms with Crippen molar-refractivity contribution in [3.8, 4) is 0 Å². The second kappa shape index (κ2) is 5.24. The Morgan fingerprint density at radius 1 is 1.47 bits per heavy atom. The Hall–Kier alpha value is -1.47. The first-order valence-electron chi connectivity index (χ1n) is 4.68. The number of halogens is 1. The molecule has 0 aliphatic rings. The molecule has 0 heterocycles. The summed E-state index contributed by atoms with van der Waals surface area (Å²) in [4.78, 5) is 0. The van der Waals surface area contributed by atoms with E-state index < -0.39 is 33.2 Å². The number of aliphatic hydroxyl groups is 1. The number of benzene rings is 1. The molecule has 0 radical (unpaired) electrons. The Bertz CT molecular complexity index is 527. The van der Waals surface area contributed by atoms with Crippen LogP contribution in [-0.4, -0.2) is 42.6 Å². The first kappa shape index (κ1) is 13.6. The van der Waals surface area contributed by atoms with E-state index in [1.807, 2.05) is 0 Å². The summed E-state index contributed by atoms with van der Waals surface area (Å²) in [5.41, 5.74) is -0.562. The number of hydrogen-bond donors (Lipinski definition) is 2. The fourth-order valence-electron chi connectivity index (χ4n) is 1.39. The maximum Gasteiger partial charge on any atom is 0.158 e. The van der Waals surface area contributed by atoms with Gasteiger partial charge in [-0.15, -0.1) is 0 Å². The molecule has 0 bridgehead atoms. The molecule has 0 saturated carbocycles. The van der Waals surface area contributed by atoms with E-state index in [0.717, 1.165) is 12.3 Å². The van der Waals surface area contributed by atoms with E-state index in [-0.39, 0.29) is 5.56 Å². The molecule has 94 valence electrons. The minimum atomic E-state index is -3.70. The molecule has 17 heavy (non-hydrogen) atoms. The zero-order valence-electron chi connectivity index (χ0n) is 9.04. The van der Waals surface area contributed by atoms with E-state index in [0.29, 0.717) is 0 Å². The number of hydrogen-bond acceptors (Lipinski definition) is 5. The molecule has 0 unspecified atom stereocenters. The molecule has 2 N–H and O–H groups in total. The minimum Gasteiger partial charge on any atom is -0.411 e. The highest BCUT2D eigenvalue weighted by Gasteiger charge is 2.29. The van der Waals surface area contributed by atoms with Crippen molar-refractivity contribution in [3.63, 3.8) is 0 Å². The van der Waals surface area contributed by atoms with Crippen LogP contribution in [-0.2, 0) is 9.84 Å². The van der Waals surface area contributed by atoms with Gasteiger partial charge in [0.1, 0.15) is 16.8 Å². The molecule has 0 spiro atoms. The van der Waals surface area contributed by atoms with Gasteiger partial charge in [0, 0.05) is 11.8 Å². The van der Waals surface area contributed by atoms with Crippen LogP contribution in [0.1, 0.15) is 5.56 Å². The van der Waals surface area contributed by atoms with Gasteiger partial charge in [-0.05, 0) is 6.07 Å². The van der Waals surface area contributed by atoms with E-state index in [4.69, 9.17) is 10.3 Å². The molecule has 1 aromatic rings. The van der Waals surface area contributed by atoms with Crippen LogP contribution in [0.15, 0.2) is 29.4 Å². The van der Waals surface area contributed by atoms with Gasteiger partial charge >= 0.3 is 0 Å². The summed E-state index contributed by atoms with van der Waals surface area (Å²) in [5, 5.41) is 19.2. The molecule has 1 aromatic carbocycles. The molecule has 0 fully saturated rings. The van der Waals surface area contributed by atoms with Crippen molar-refractivity contribution in [1.29, 1.82) is 0 Å². The van der Waals surface area contributed by atoms with Crippen molar-refractivity contribution in [1.82, 2.24) is 0 Å². The summed E-state index contributed by atoms with van der Waals surface area (Å²) in [6.45, 7) is -0.785. The van der Waals surface area contributed by atoms with Crippen molar-refractivity contribution in [2.45, 2.75) is 5.25 Å². The lowest BCUT2D eigenvalue weighted by Gasteiger charge is -2.14. The lowest BCUT2D eigenvalue weighted by molar-refractivity contribution is 0.296. The molecule has 0 aliphatic heterocycles. The van der Waals surface area contributed by atoms with Crippen molar-refractivity contribution in [3.05, 3.63) is 35.6 Å². The number of rotatable bonds is 4. The van der Waals surface area contributed by atoms with E-state index in [1.165, 1.54) is 18.2 Å². The highest BCUT2D eigenvalue weighted by atomic mass is 32.2. The van der Waals surface area contributed by atoms with Crippen LogP contribution in [0.25, 0.3) is 0 Å². The predicted octanol–water partition coefficient (Wildman–Crippen LogP) is 0.409. The summed E-state index contributed by atoms with van der Waals surface area (Å²) < 4.78 is 36.2. The molecule has 1 rings (SSSR count).